The maximum atomic E-state index is 12.5. The Morgan fingerprint density at radius 2 is 2.12 bits per heavy atom. The van der Waals surface area contributed by atoms with Crippen LogP contribution in [0.3, 0.4) is 0 Å². The fourth-order valence-electron chi connectivity index (χ4n) is 3.82. The molecule has 1 aromatic rings. The number of carbonyl (C=O) groups excluding carboxylic acids is 2. The highest BCUT2D eigenvalue weighted by molar-refractivity contribution is 5.85. The minimum absolute atomic E-state index is 0.0649. The molecule has 0 spiro atoms. The Kier molecular flexibility index (Phi) is 5.55. The molecular formula is C17H28N6O2. The number of hydrogen-bond donors (Lipinski definition) is 1. The van der Waals surface area contributed by atoms with E-state index < -0.39 is 0 Å². The molecule has 0 unspecified atom stereocenters. The van der Waals surface area contributed by atoms with E-state index in [1.807, 2.05) is 16.4 Å². The third kappa shape index (κ3) is 3.93. The van der Waals surface area contributed by atoms with Gasteiger partial charge in [-0.2, -0.15) is 0 Å². The Morgan fingerprint density at radius 3 is 2.80 bits per heavy atom. The molecule has 3 amide bonds. The van der Waals surface area contributed by atoms with Crippen molar-refractivity contribution in [3.8, 4) is 0 Å². The second-order valence-electron chi connectivity index (χ2n) is 7.00. The van der Waals surface area contributed by atoms with Crippen molar-refractivity contribution in [1.82, 2.24) is 29.9 Å². The van der Waals surface area contributed by atoms with Crippen LogP contribution in [0.1, 0.15) is 57.8 Å². The first-order chi connectivity index (χ1) is 12.1. The monoisotopic (exact) mass is 348 g/mol. The summed E-state index contributed by atoms with van der Waals surface area (Å²) < 4.78 is 1.95. The lowest BCUT2D eigenvalue weighted by Gasteiger charge is -2.38. The Balaban J connectivity index is 1.55. The smallest absolute Gasteiger partial charge is 0.318 e. The lowest BCUT2D eigenvalue weighted by molar-refractivity contribution is -0.137. The highest BCUT2D eigenvalue weighted by Crippen LogP contribution is 2.25. The van der Waals surface area contributed by atoms with Gasteiger partial charge in [-0.15, -0.1) is 10.2 Å². The molecule has 1 aromatic heterocycles. The molecule has 1 saturated heterocycles. The van der Waals surface area contributed by atoms with Crippen molar-refractivity contribution in [2.45, 2.75) is 64.6 Å². The van der Waals surface area contributed by atoms with Crippen molar-refractivity contribution in [1.29, 1.82) is 0 Å². The molecule has 1 aliphatic carbocycles. The van der Waals surface area contributed by atoms with E-state index >= 15 is 0 Å². The number of hydrogen-bond acceptors (Lipinski definition) is 4. The van der Waals surface area contributed by atoms with E-state index in [-0.39, 0.29) is 24.5 Å². The average Bonchev–Trinajstić information content (AvgIpc) is 3.26. The summed E-state index contributed by atoms with van der Waals surface area (Å²) in [5.41, 5.74) is 0. The molecule has 1 atom stereocenters. The maximum absolute atomic E-state index is 12.5. The number of aryl methyl sites for hydroxylation is 1. The molecule has 8 heteroatoms. The summed E-state index contributed by atoms with van der Waals surface area (Å²) in [4.78, 5) is 28.5. The highest BCUT2D eigenvalue weighted by atomic mass is 16.2. The van der Waals surface area contributed by atoms with E-state index in [9.17, 15) is 9.59 Å². The summed E-state index contributed by atoms with van der Waals surface area (Å²) in [7, 11) is 0. The van der Waals surface area contributed by atoms with Crippen molar-refractivity contribution in [2.24, 2.45) is 0 Å². The average molecular weight is 348 g/mol. The van der Waals surface area contributed by atoms with Crippen molar-refractivity contribution in [2.75, 3.05) is 19.6 Å². The third-order valence-electron chi connectivity index (χ3n) is 5.15. The molecular weight excluding hydrogens is 320 g/mol. The maximum Gasteiger partial charge on any atom is 0.318 e. The summed E-state index contributed by atoms with van der Waals surface area (Å²) in [6, 6.07) is -0.0771. The second-order valence-corrected chi connectivity index (χ2v) is 7.00. The molecule has 0 bridgehead atoms. The summed E-state index contributed by atoms with van der Waals surface area (Å²) in [6.07, 6.45) is 7.27. The number of urea groups is 1. The fraction of sp³-hybridized carbons (Fsp3) is 0.765. The molecule has 138 valence electrons. The first-order valence-electron chi connectivity index (χ1n) is 9.32. The van der Waals surface area contributed by atoms with E-state index in [1.165, 1.54) is 12.8 Å². The van der Waals surface area contributed by atoms with E-state index in [0.717, 1.165) is 31.6 Å². The lowest BCUT2D eigenvalue weighted by atomic mass is 10.2. The van der Waals surface area contributed by atoms with Crippen LogP contribution in [0.25, 0.3) is 0 Å². The fourth-order valence-corrected chi connectivity index (χ4v) is 3.82. The molecule has 0 radical (unpaired) electrons. The number of nitrogens with one attached hydrogen (secondary N) is 1. The molecule has 1 N–H and O–H groups in total. The van der Waals surface area contributed by atoms with Gasteiger partial charge in [0, 0.05) is 25.7 Å². The minimum Gasteiger partial charge on any atom is -0.336 e. The topological polar surface area (TPSA) is 83.4 Å². The standard InChI is InChI=1S/C17H28N6O2/c1-3-8-22-12-18-20-16(22)13(2)19-17(25)21-9-10-23(15(24)11-21)14-6-4-5-7-14/h12-14H,3-11H2,1-2H3,(H,19,25)/t13-/m1/s1. The molecule has 2 fully saturated rings. The van der Waals surface area contributed by atoms with Gasteiger partial charge in [0.15, 0.2) is 5.82 Å². The van der Waals surface area contributed by atoms with Crippen molar-refractivity contribution in [3.05, 3.63) is 12.2 Å². The van der Waals surface area contributed by atoms with E-state index in [0.29, 0.717) is 19.1 Å². The van der Waals surface area contributed by atoms with Gasteiger partial charge in [0.1, 0.15) is 12.9 Å². The molecule has 8 nitrogen and oxygen atoms in total. The van der Waals surface area contributed by atoms with Gasteiger partial charge in [-0.3, -0.25) is 4.79 Å². The number of carbonyl (C=O) groups is 2. The Hall–Kier alpha value is -2.12. The predicted molar refractivity (Wildman–Crippen MR) is 92.8 cm³/mol. The van der Waals surface area contributed by atoms with Crippen LogP contribution in [-0.4, -0.2) is 62.2 Å². The molecule has 1 aliphatic heterocycles. The molecule has 0 aromatic carbocycles. The van der Waals surface area contributed by atoms with Gasteiger partial charge in [-0.05, 0) is 26.2 Å². The van der Waals surface area contributed by atoms with E-state index in [2.05, 4.69) is 22.4 Å². The van der Waals surface area contributed by atoms with Gasteiger partial charge >= 0.3 is 6.03 Å². The Bertz CT molecular complexity index is 610. The number of rotatable bonds is 5. The minimum atomic E-state index is -0.246. The summed E-state index contributed by atoms with van der Waals surface area (Å²) in [5, 5.41) is 11.0. The Labute approximate surface area is 148 Å². The van der Waals surface area contributed by atoms with Crippen LogP contribution in [0.4, 0.5) is 4.79 Å². The molecule has 25 heavy (non-hydrogen) atoms. The zero-order chi connectivity index (χ0) is 17.8. The van der Waals surface area contributed by atoms with Crippen LogP contribution < -0.4 is 5.32 Å². The first-order valence-corrected chi connectivity index (χ1v) is 9.32. The molecule has 1 saturated carbocycles. The van der Waals surface area contributed by atoms with Crippen molar-refractivity contribution < 1.29 is 9.59 Å². The van der Waals surface area contributed by atoms with Gasteiger partial charge in [-0.1, -0.05) is 19.8 Å². The van der Waals surface area contributed by atoms with Crippen LogP contribution in [0.5, 0.6) is 0 Å². The van der Waals surface area contributed by atoms with Gasteiger partial charge in [0.05, 0.1) is 6.04 Å². The number of nitrogens with zero attached hydrogens (tertiary/aromatic N) is 5. The van der Waals surface area contributed by atoms with E-state index in [4.69, 9.17) is 0 Å². The van der Waals surface area contributed by atoms with Crippen LogP contribution in [-0.2, 0) is 11.3 Å². The SMILES string of the molecule is CCCn1cnnc1[C@@H](C)NC(=O)N1CCN(C2CCCC2)C(=O)C1. The lowest BCUT2D eigenvalue weighted by Crippen LogP contribution is -2.57. The second kappa shape index (κ2) is 7.84. The number of aromatic nitrogens is 3. The van der Waals surface area contributed by atoms with Gasteiger partial charge in [0.25, 0.3) is 0 Å². The quantitative estimate of drug-likeness (QED) is 0.875. The summed E-state index contributed by atoms with van der Waals surface area (Å²) >= 11 is 0. The highest BCUT2D eigenvalue weighted by Gasteiger charge is 2.33. The van der Waals surface area contributed by atoms with Crippen molar-refractivity contribution >= 4 is 11.9 Å². The van der Waals surface area contributed by atoms with Crippen LogP contribution in [0.15, 0.2) is 6.33 Å². The Morgan fingerprint density at radius 1 is 1.36 bits per heavy atom. The van der Waals surface area contributed by atoms with Crippen LogP contribution in [0.2, 0.25) is 0 Å². The number of piperazine rings is 1. The van der Waals surface area contributed by atoms with E-state index in [1.54, 1.807) is 11.2 Å². The largest absolute Gasteiger partial charge is 0.336 e. The molecule has 2 aliphatic rings. The molecule has 2 heterocycles. The zero-order valence-electron chi connectivity index (χ0n) is 15.1. The van der Waals surface area contributed by atoms with Crippen LogP contribution in [0, 0.1) is 0 Å². The van der Waals surface area contributed by atoms with Gasteiger partial charge < -0.3 is 19.7 Å². The van der Waals surface area contributed by atoms with Crippen LogP contribution >= 0.6 is 0 Å². The third-order valence-corrected chi connectivity index (χ3v) is 5.15. The van der Waals surface area contributed by atoms with Gasteiger partial charge in [-0.25, -0.2) is 4.79 Å². The number of amides is 3. The normalized spacial score (nSPS) is 20.2. The predicted octanol–water partition coefficient (Wildman–Crippen LogP) is 1.55. The zero-order valence-corrected chi connectivity index (χ0v) is 15.1. The molecule has 3 rings (SSSR count). The summed E-state index contributed by atoms with van der Waals surface area (Å²) in [5.74, 6) is 0.807. The summed E-state index contributed by atoms with van der Waals surface area (Å²) in [6.45, 7) is 6.19. The van der Waals surface area contributed by atoms with Crippen molar-refractivity contribution in [3.63, 3.8) is 0 Å². The van der Waals surface area contributed by atoms with Gasteiger partial charge in [0.2, 0.25) is 5.91 Å². The first kappa shape index (κ1) is 17.7.